The second kappa shape index (κ2) is 5.53. The van der Waals surface area contributed by atoms with E-state index < -0.39 is 0 Å². The van der Waals surface area contributed by atoms with Crippen molar-refractivity contribution >= 4 is 11.8 Å². The van der Waals surface area contributed by atoms with Gasteiger partial charge in [-0.25, -0.2) is 14.1 Å². The lowest BCUT2D eigenvalue weighted by Gasteiger charge is -1.99. The van der Waals surface area contributed by atoms with Gasteiger partial charge in [0.1, 0.15) is 12.1 Å². The van der Waals surface area contributed by atoms with Crippen LogP contribution in [0, 0.1) is 5.82 Å². The number of halogens is 1. The van der Waals surface area contributed by atoms with Gasteiger partial charge in [0.2, 0.25) is 11.0 Å². The molecule has 8 heteroatoms. The van der Waals surface area contributed by atoms with Crippen molar-refractivity contribution in [2.75, 3.05) is 0 Å². The van der Waals surface area contributed by atoms with E-state index in [4.69, 9.17) is 4.42 Å². The third-order valence-corrected chi connectivity index (χ3v) is 4.29. The number of thioether (sulfide) groups is 1. The fourth-order valence-corrected chi connectivity index (χ4v) is 2.92. The Morgan fingerprint density at radius 3 is 3.09 bits per heavy atom. The summed E-state index contributed by atoms with van der Waals surface area (Å²) in [5.74, 6) is 0.707. The Balaban J connectivity index is 1.47. The van der Waals surface area contributed by atoms with Gasteiger partial charge in [0, 0.05) is 11.3 Å². The fraction of sp³-hybridized carbons (Fsp3) is 0.286. The number of tetrazole rings is 1. The van der Waals surface area contributed by atoms with Crippen LogP contribution in [0.5, 0.6) is 0 Å². The second-order valence-electron chi connectivity index (χ2n) is 5.08. The molecule has 6 nitrogen and oxygen atoms in total. The van der Waals surface area contributed by atoms with Gasteiger partial charge in [0.25, 0.3) is 0 Å². The number of rotatable bonds is 5. The van der Waals surface area contributed by atoms with Gasteiger partial charge in [-0.15, -0.1) is 5.10 Å². The summed E-state index contributed by atoms with van der Waals surface area (Å²) in [6.45, 7) is 0. The van der Waals surface area contributed by atoms with E-state index >= 15 is 0 Å². The molecule has 0 spiro atoms. The largest absolute Gasteiger partial charge is 0.444 e. The van der Waals surface area contributed by atoms with Crippen molar-refractivity contribution in [3.63, 3.8) is 0 Å². The predicted octanol–water partition coefficient (Wildman–Crippen LogP) is 3.09. The lowest BCUT2D eigenvalue weighted by molar-refractivity contribution is 0.565. The topological polar surface area (TPSA) is 69.6 Å². The fourth-order valence-electron chi connectivity index (χ4n) is 2.09. The minimum Gasteiger partial charge on any atom is -0.444 e. The van der Waals surface area contributed by atoms with Gasteiger partial charge in [0.15, 0.2) is 0 Å². The average molecular weight is 317 g/mol. The molecule has 1 saturated carbocycles. The quantitative estimate of drug-likeness (QED) is 0.674. The van der Waals surface area contributed by atoms with Crippen LogP contribution >= 0.6 is 11.8 Å². The molecule has 0 aliphatic heterocycles. The molecule has 0 saturated heterocycles. The molecule has 2 heterocycles. The SMILES string of the molecule is Fc1cccc(-c2nc(CSc3nnnn3C3CC3)co2)c1. The second-order valence-corrected chi connectivity index (χ2v) is 6.02. The Hall–Kier alpha value is -2.22. The molecule has 4 rings (SSSR count). The lowest BCUT2D eigenvalue weighted by Crippen LogP contribution is -1.98. The zero-order valence-electron chi connectivity index (χ0n) is 11.5. The highest BCUT2D eigenvalue weighted by molar-refractivity contribution is 7.98. The first-order chi connectivity index (χ1) is 10.8. The van der Waals surface area contributed by atoms with Crippen LogP contribution in [0.15, 0.2) is 40.1 Å². The number of hydrogen-bond acceptors (Lipinski definition) is 6. The third-order valence-electron chi connectivity index (χ3n) is 3.33. The first kappa shape index (κ1) is 13.4. The first-order valence-corrected chi connectivity index (χ1v) is 7.89. The monoisotopic (exact) mass is 317 g/mol. The van der Waals surface area contributed by atoms with Crippen LogP contribution < -0.4 is 0 Å². The Labute approximate surface area is 129 Å². The van der Waals surface area contributed by atoms with Crippen LogP contribution in [0.3, 0.4) is 0 Å². The number of hydrogen-bond donors (Lipinski definition) is 0. The zero-order valence-corrected chi connectivity index (χ0v) is 12.3. The number of benzene rings is 1. The number of oxazole rings is 1. The third kappa shape index (κ3) is 2.74. The summed E-state index contributed by atoms with van der Waals surface area (Å²) in [6, 6.07) is 6.63. The average Bonchev–Trinajstić information content (AvgIpc) is 3.08. The molecule has 1 aliphatic rings. The van der Waals surface area contributed by atoms with Crippen molar-refractivity contribution in [2.24, 2.45) is 0 Å². The van der Waals surface area contributed by atoms with Gasteiger partial charge < -0.3 is 4.42 Å². The van der Waals surface area contributed by atoms with Crippen molar-refractivity contribution in [3.8, 4) is 11.5 Å². The van der Waals surface area contributed by atoms with E-state index in [0.717, 1.165) is 23.7 Å². The maximum Gasteiger partial charge on any atom is 0.226 e. The normalized spacial score (nSPS) is 14.4. The van der Waals surface area contributed by atoms with Crippen LogP contribution in [-0.2, 0) is 5.75 Å². The van der Waals surface area contributed by atoms with Crippen LogP contribution in [0.1, 0.15) is 24.6 Å². The Morgan fingerprint density at radius 1 is 1.36 bits per heavy atom. The van der Waals surface area contributed by atoms with Crippen molar-refractivity contribution in [3.05, 3.63) is 42.0 Å². The van der Waals surface area contributed by atoms with Crippen molar-refractivity contribution < 1.29 is 8.81 Å². The minimum absolute atomic E-state index is 0.310. The number of nitrogens with zero attached hydrogens (tertiary/aromatic N) is 5. The van der Waals surface area contributed by atoms with Gasteiger partial charge in [-0.05, 0) is 41.5 Å². The lowest BCUT2D eigenvalue weighted by atomic mass is 10.2. The highest BCUT2D eigenvalue weighted by Gasteiger charge is 2.27. The van der Waals surface area contributed by atoms with E-state index in [-0.39, 0.29) is 5.82 Å². The zero-order chi connectivity index (χ0) is 14.9. The highest BCUT2D eigenvalue weighted by atomic mass is 32.2. The van der Waals surface area contributed by atoms with Crippen LogP contribution in [-0.4, -0.2) is 25.2 Å². The molecule has 0 radical (unpaired) electrons. The van der Waals surface area contributed by atoms with E-state index in [1.54, 1.807) is 18.4 Å². The summed E-state index contributed by atoms with van der Waals surface area (Å²) in [4.78, 5) is 4.38. The van der Waals surface area contributed by atoms with Crippen molar-refractivity contribution in [2.45, 2.75) is 29.8 Å². The van der Waals surface area contributed by atoms with Gasteiger partial charge in [-0.1, -0.05) is 17.8 Å². The Bertz CT molecular complexity index is 798. The number of aromatic nitrogens is 5. The molecule has 1 aromatic carbocycles. The molecule has 0 atom stereocenters. The van der Waals surface area contributed by atoms with Crippen LogP contribution in [0.4, 0.5) is 4.39 Å². The molecule has 0 unspecified atom stereocenters. The highest BCUT2D eigenvalue weighted by Crippen LogP contribution is 2.36. The molecule has 3 aromatic rings. The molecule has 0 N–H and O–H groups in total. The first-order valence-electron chi connectivity index (χ1n) is 6.90. The van der Waals surface area contributed by atoms with Crippen molar-refractivity contribution in [1.29, 1.82) is 0 Å². The summed E-state index contributed by atoms with van der Waals surface area (Å²) in [7, 11) is 0. The molecular weight excluding hydrogens is 305 g/mol. The van der Waals surface area contributed by atoms with Gasteiger partial charge >= 0.3 is 0 Å². The molecule has 1 aliphatic carbocycles. The molecule has 1 fully saturated rings. The summed E-state index contributed by atoms with van der Waals surface area (Å²) in [6.07, 6.45) is 3.84. The van der Waals surface area contributed by atoms with E-state index in [2.05, 4.69) is 20.5 Å². The molecule has 112 valence electrons. The van der Waals surface area contributed by atoms with Gasteiger partial charge in [-0.2, -0.15) is 0 Å². The maximum atomic E-state index is 13.2. The summed E-state index contributed by atoms with van der Waals surface area (Å²) >= 11 is 1.52. The summed E-state index contributed by atoms with van der Waals surface area (Å²) in [5.41, 5.74) is 1.40. The summed E-state index contributed by atoms with van der Waals surface area (Å²) in [5, 5.41) is 12.5. The molecule has 0 amide bonds. The molecule has 2 aromatic heterocycles. The Morgan fingerprint density at radius 2 is 2.27 bits per heavy atom. The van der Waals surface area contributed by atoms with Crippen molar-refractivity contribution in [1.82, 2.24) is 25.2 Å². The smallest absolute Gasteiger partial charge is 0.226 e. The van der Waals surface area contributed by atoms with Crippen LogP contribution in [0.25, 0.3) is 11.5 Å². The van der Waals surface area contributed by atoms with Gasteiger partial charge in [0.05, 0.1) is 11.7 Å². The predicted molar refractivity (Wildman–Crippen MR) is 77.5 cm³/mol. The molecule has 0 bridgehead atoms. The standard InChI is InChI=1S/C14H12FN5OS/c15-10-3-1-2-9(6-10)13-16-11(7-21-13)8-22-14-17-18-19-20(14)12-4-5-12/h1-3,6-7,12H,4-5,8H2. The van der Waals surface area contributed by atoms with E-state index in [1.165, 1.54) is 23.9 Å². The summed E-state index contributed by atoms with van der Waals surface area (Å²) < 4.78 is 20.5. The van der Waals surface area contributed by atoms with E-state index in [1.807, 2.05) is 4.68 Å². The maximum absolute atomic E-state index is 13.2. The van der Waals surface area contributed by atoms with Crippen LogP contribution in [0.2, 0.25) is 0 Å². The minimum atomic E-state index is -0.310. The molecule has 22 heavy (non-hydrogen) atoms. The molecular formula is C14H12FN5OS. The van der Waals surface area contributed by atoms with E-state index in [9.17, 15) is 4.39 Å². The Kier molecular flexibility index (Phi) is 3.38. The van der Waals surface area contributed by atoms with E-state index in [0.29, 0.717) is 23.2 Å². The van der Waals surface area contributed by atoms with Gasteiger partial charge in [-0.3, -0.25) is 0 Å².